The zero-order valence-corrected chi connectivity index (χ0v) is 10.2. The SMILES string of the molecule is Nc1ccc(/C=C/C=C/C(=O)n2ccnc2)cc1N. The Labute approximate surface area is 110 Å². The number of anilines is 2. The second kappa shape index (κ2) is 5.68. The second-order valence-corrected chi connectivity index (χ2v) is 3.91. The third-order valence-electron chi connectivity index (χ3n) is 2.51. The van der Waals surface area contributed by atoms with Crippen LogP contribution in [0.3, 0.4) is 0 Å². The van der Waals surface area contributed by atoms with Gasteiger partial charge in [-0.1, -0.05) is 24.3 Å². The molecule has 0 spiro atoms. The summed E-state index contributed by atoms with van der Waals surface area (Å²) in [5.41, 5.74) is 13.3. The molecule has 0 saturated heterocycles. The smallest absolute Gasteiger partial charge is 0.255 e. The first-order valence-electron chi connectivity index (χ1n) is 5.69. The summed E-state index contributed by atoms with van der Waals surface area (Å²) in [5, 5.41) is 0. The monoisotopic (exact) mass is 254 g/mol. The molecule has 0 amide bonds. The molecule has 0 unspecified atom stereocenters. The van der Waals surface area contributed by atoms with Crippen LogP contribution >= 0.6 is 0 Å². The molecule has 0 aliphatic heterocycles. The van der Waals surface area contributed by atoms with Gasteiger partial charge in [0, 0.05) is 18.5 Å². The van der Waals surface area contributed by atoms with E-state index in [-0.39, 0.29) is 5.91 Å². The van der Waals surface area contributed by atoms with Gasteiger partial charge in [-0.15, -0.1) is 0 Å². The third-order valence-corrected chi connectivity index (χ3v) is 2.51. The van der Waals surface area contributed by atoms with Gasteiger partial charge in [0.1, 0.15) is 6.33 Å². The molecule has 1 heterocycles. The van der Waals surface area contributed by atoms with Gasteiger partial charge in [0.05, 0.1) is 11.4 Å². The van der Waals surface area contributed by atoms with Gasteiger partial charge >= 0.3 is 0 Å². The van der Waals surface area contributed by atoms with E-state index in [1.54, 1.807) is 36.7 Å². The van der Waals surface area contributed by atoms with Crippen molar-refractivity contribution in [2.24, 2.45) is 0 Å². The lowest BCUT2D eigenvalue weighted by Crippen LogP contribution is -2.03. The summed E-state index contributed by atoms with van der Waals surface area (Å²) in [4.78, 5) is 15.4. The number of carbonyl (C=O) groups excluding carboxylic acids is 1. The van der Waals surface area contributed by atoms with Gasteiger partial charge in [0.2, 0.25) is 0 Å². The lowest BCUT2D eigenvalue weighted by molar-refractivity contribution is 0.0969. The molecule has 1 aromatic heterocycles. The number of imidazole rings is 1. The maximum atomic E-state index is 11.6. The molecule has 19 heavy (non-hydrogen) atoms. The predicted molar refractivity (Wildman–Crippen MR) is 76.3 cm³/mol. The van der Waals surface area contributed by atoms with Crippen molar-refractivity contribution in [3.8, 4) is 0 Å². The highest BCUT2D eigenvalue weighted by Crippen LogP contribution is 2.16. The van der Waals surface area contributed by atoms with Crippen LogP contribution in [0.5, 0.6) is 0 Å². The fraction of sp³-hybridized carbons (Fsp3) is 0. The Morgan fingerprint density at radius 2 is 2.05 bits per heavy atom. The van der Waals surface area contributed by atoms with Crippen molar-refractivity contribution >= 4 is 23.4 Å². The lowest BCUT2D eigenvalue weighted by atomic mass is 10.1. The number of allylic oxidation sites excluding steroid dienone is 3. The average Bonchev–Trinajstić information content (AvgIpc) is 2.92. The van der Waals surface area contributed by atoms with Crippen molar-refractivity contribution in [1.29, 1.82) is 0 Å². The van der Waals surface area contributed by atoms with E-state index < -0.39 is 0 Å². The average molecular weight is 254 g/mol. The number of hydrogen-bond acceptors (Lipinski definition) is 4. The Morgan fingerprint density at radius 1 is 1.21 bits per heavy atom. The molecule has 0 atom stereocenters. The Hall–Kier alpha value is -2.82. The summed E-state index contributed by atoms with van der Waals surface area (Å²) >= 11 is 0. The molecule has 0 aliphatic rings. The molecule has 2 aromatic rings. The molecule has 0 saturated carbocycles. The standard InChI is InChI=1S/C14H14N4O/c15-12-6-5-11(9-13(12)16)3-1-2-4-14(19)18-8-7-17-10-18/h1-10H,15-16H2/b3-1+,4-2+. The molecule has 1 aromatic carbocycles. The second-order valence-electron chi connectivity index (χ2n) is 3.91. The van der Waals surface area contributed by atoms with Gasteiger partial charge in [-0.25, -0.2) is 4.98 Å². The molecule has 2 rings (SSSR count). The van der Waals surface area contributed by atoms with Crippen LogP contribution in [-0.4, -0.2) is 15.5 Å². The highest BCUT2D eigenvalue weighted by Gasteiger charge is 1.96. The molecular weight excluding hydrogens is 240 g/mol. The van der Waals surface area contributed by atoms with E-state index in [4.69, 9.17) is 11.5 Å². The van der Waals surface area contributed by atoms with Crippen molar-refractivity contribution in [2.45, 2.75) is 0 Å². The van der Waals surface area contributed by atoms with E-state index in [2.05, 4.69) is 4.98 Å². The third kappa shape index (κ3) is 3.32. The number of nitrogens with two attached hydrogens (primary N) is 2. The number of aromatic nitrogens is 2. The highest BCUT2D eigenvalue weighted by atomic mass is 16.1. The van der Waals surface area contributed by atoms with Crippen molar-refractivity contribution in [1.82, 2.24) is 9.55 Å². The van der Waals surface area contributed by atoms with Gasteiger partial charge in [0.25, 0.3) is 5.91 Å². The highest BCUT2D eigenvalue weighted by molar-refractivity contribution is 5.90. The minimum absolute atomic E-state index is 0.154. The van der Waals surface area contributed by atoms with Crippen molar-refractivity contribution < 1.29 is 4.79 Å². The Morgan fingerprint density at radius 3 is 2.74 bits per heavy atom. The number of benzene rings is 1. The fourth-order valence-electron chi connectivity index (χ4n) is 1.48. The summed E-state index contributed by atoms with van der Waals surface area (Å²) < 4.78 is 1.39. The van der Waals surface area contributed by atoms with Gasteiger partial charge < -0.3 is 11.5 Å². The molecule has 0 aliphatic carbocycles. The van der Waals surface area contributed by atoms with Crippen LogP contribution in [0.15, 0.2) is 55.1 Å². The molecule has 0 radical (unpaired) electrons. The largest absolute Gasteiger partial charge is 0.397 e. The normalized spacial score (nSPS) is 11.4. The number of nitrogens with zero attached hydrogens (tertiary/aromatic N) is 2. The maximum Gasteiger partial charge on any atom is 0.255 e. The summed E-state index contributed by atoms with van der Waals surface area (Å²) in [6, 6.07) is 5.38. The first-order chi connectivity index (χ1) is 9.16. The van der Waals surface area contributed by atoms with E-state index in [9.17, 15) is 4.79 Å². The maximum absolute atomic E-state index is 11.6. The fourth-order valence-corrected chi connectivity index (χ4v) is 1.48. The van der Waals surface area contributed by atoms with Crippen molar-refractivity contribution in [3.63, 3.8) is 0 Å². The summed E-state index contributed by atoms with van der Waals surface area (Å²) in [5.74, 6) is -0.154. The zero-order chi connectivity index (χ0) is 13.7. The minimum Gasteiger partial charge on any atom is -0.397 e. The van der Waals surface area contributed by atoms with Crippen LogP contribution in [0.25, 0.3) is 6.08 Å². The minimum atomic E-state index is -0.154. The van der Waals surface area contributed by atoms with Gasteiger partial charge in [-0.2, -0.15) is 0 Å². The van der Waals surface area contributed by atoms with Gasteiger partial charge in [0.15, 0.2) is 0 Å². The van der Waals surface area contributed by atoms with E-state index in [0.29, 0.717) is 11.4 Å². The molecule has 96 valence electrons. The summed E-state index contributed by atoms with van der Waals surface area (Å²) in [6.45, 7) is 0. The van der Waals surface area contributed by atoms with Crippen molar-refractivity contribution in [2.75, 3.05) is 11.5 Å². The first kappa shape index (κ1) is 12.6. The lowest BCUT2D eigenvalue weighted by Gasteiger charge is -1.99. The van der Waals surface area contributed by atoms with Crippen LogP contribution in [-0.2, 0) is 0 Å². The number of nitrogen functional groups attached to an aromatic ring is 2. The number of carbonyl (C=O) groups is 1. The van der Waals surface area contributed by atoms with Crippen LogP contribution < -0.4 is 11.5 Å². The van der Waals surface area contributed by atoms with E-state index in [0.717, 1.165) is 5.56 Å². The van der Waals surface area contributed by atoms with E-state index >= 15 is 0 Å². The quantitative estimate of drug-likeness (QED) is 0.498. The molecule has 5 heteroatoms. The van der Waals surface area contributed by atoms with Crippen LogP contribution in [0.1, 0.15) is 10.4 Å². The topological polar surface area (TPSA) is 86.9 Å². The van der Waals surface area contributed by atoms with Crippen molar-refractivity contribution in [3.05, 3.63) is 60.7 Å². The van der Waals surface area contributed by atoms with Crippen LogP contribution in [0.2, 0.25) is 0 Å². The molecule has 5 nitrogen and oxygen atoms in total. The number of rotatable bonds is 3. The summed E-state index contributed by atoms with van der Waals surface area (Å²) in [6.07, 6.45) is 11.3. The van der Waals surface area contributed by atoms with Gasteiger partial charge in [-0.05, 0) is 17.7 Å². The predicted octanol–water partition coefficient (Wildman–Crippen LogP) is 1.96. The van der Waals surface area contributed by atoms with E-state index in [1.165, 1.54) is 17.0 Å². The van der Waals surface area contributed by atoms with Crippen LogP contribution in [0, 0.1) is 0 Å². The van der Waals surface area contributed by atoms with E-state index in [1.807, 2.05) is 12.1 Å². The molecule has 0 bridgehead atoms. The van der Waals surface area contributed by atoms with Crippen LogP contribution in [0.4, 0.5) is 11.4 Å². The Kier molecular flexibility index (Phi) is 3.78. The molecular formula is C14H14N4O. The molecule has 4 N–H and O–H groups in total. The number of hydrogen-bond donors (Lipinski definition) is 2. The zero-order valence-electron chi connectivity index (χ0n) is 10.2. The first-order valence-corrected chi connectivity index (χ1v) is 5.69. The summed E-state index contributed by atoms with van der Waals surface area (Å²) in [7, 11) is 0. The Bertz CT molecular complexity index is 627. The Balaban J connectivity index is 1.99. The van der Waals surface area contributed by atoms with Gasteiger partial charge in [-0.3, -0.25) is 9.36 Å². The molecule has 0 fully saturated rings.